The summed E-state index contributed by atoms with van der Waals surface area (Å²) in [6, 6.07) is 16.6. The molecule has 0 radical (unpaired) electrons. The second kappa shape index (κ2) is 6.75. The molecule has 3 rings (SSSR count). The monoisotopic (exact) mass is 294 g/mol. The molecular formula is C19H22N2O. The molecule has 0 fully saturated rings. The van der Waals surface area contributed by atoms with Crippen molar-refractivity contribution in [3.8, 4) is 0 Å². The van der Waals surface area contributed by atoms with Crippen LogP contribution in [0, 0.1) is 6.92 Å². The first-order chi connectivity index (χ1) is 10.7. The van der Waals surface area contributed by atoms with E-state index in [0.717, 1.165) is 31.7 Å². The molecule has 2 aromatic carbocycles. The summed E-state index contributed by atoms with van der Waals surface area (Å²) in [7, 11) is 0. The first kappa shape index (κ1) is 14.8. The molecule has 22 heavy (non-hydrogen) atoms. The molecule has 1 amide bonds. The van der Waals surface area contributed by atoms with Crippen LogP contribution in [-0.4, -0.2) is 19.0 Å². The number of nitrogens with zero attached hydrogens (tertiary/aromatic N) is 1. The molecule has 1 heterocycles. The number of hydrogen-bond acceptors (Lipinski definition) is 2. The van der Waals surface area contributed by atoms with Crippen LogP contribution < -0.4 is 10.2 Å². The zero-order chi connectivity index (χ0) is 15.4. The van der Waals surface area contributed by atoms with E-state index < -0.39 is 0 Å². The Morgan fingerprint density at radius 3 is 2.73 bits per heavy atom. The molecular weight excluding hydrogens is 272 g/mol. The highest BCUT2D eigenvalue weighted by Gasteiger charge is 2.20. The van der Waals surface area contributed by atoms with E-state index in [1.807, 2.05) is 23.1 Å². The highest BCUT2D eigenvalue weighted by molar-refractivity contribution is 5.94. The summed E-state index contributed by atoms with van der Waals surface area (Å²) in [6.07, 6.45) is 1.35. The van der Waals surface area contributed by atoms with Crippen LogP contribution in [0.25, 0.3) is 0 Å². The van der Waals surface area contributed by atoms with Gasteiger partial charge in [-0.2, -0.15) is 0 Å². The van der Waals surface area contributed by atoms with Crippen molar-refractivity contribution in [1.82, 2.24) is 5.32 Å². The third-order valence-electron chi connectivity index (χ3n) is 4.16. The molecule has 0 unspecified atom stereocenters. The average Bonchev–Trinajstić information content (AvgIpc) is 2.76. The van der Waals surface area contributed by atoms with E-state index in [9.17, 15) is 4.79 Å². The Labute approximate surface area is 132 Å². The number of fused-ring (bicyclic) bond motifs is 1. The van der Waals surface area contributed by atoms with E-state index >= 15 is 0 Å². The van der Waals surface area contributed by atoms with Gasteiger partial charge in [0, 0.05) is 31.7 Å². The van der Waals surface area contributed by atoms with Gasteiger partial charge in [-0.25, -0.2) is 0 Å². The summed E-state index contributed by atoms with van der Waals surface area (Å²) in [6.45, 7) is 4.49. The van der Waals surface area contributed by atoms with Crippen LogP contribution in [0.3, 0.4) is 0 Å². The van der Waals surface area contributed by atoms with Crippen LogP contribution in [0.5, 0.6) is 0 Å². The number of amides is 1. The van der Waals surface area contributed by atoms with Gasteiger partial charge in [-0.1, -0.05) is 48.0 Å². The fourth-order valence-corrected chi connectivity index (χ4v) is 2.86. The Morgan fingerprint density at radius 1 is 1.14 bits per heavy atom. The van der Waals surface area contributed by atoms with Gasteiger partial charge in [-0.15, -0.1) is 0 Å². The Hall–Kier alpha value is -2.13. The summed E-state index contributed by atoms with van der Waals surface area (Å²) in [4.78, 5) is 14.6. The number of carbonyl (C=O) groups is 1. The van der Waals surface area contributed by atoms with Gasteiger partial charge in [0.1, 0.15) is 0 Å². The lowest BCUT2D eigenvalue weighted by Crippen LogP contribution is -2.34. The number of nitrogens with one attached hydrogen (secondary N) is 1. The highest BCUT2D eigenvalue weighted by atomic mass is 16.2. The summed E-state index contributed by atoms with van der Waals surface area (Å²) >= 11 is 0. The Kier molecular flexibility index (Phi) is 4.54. The van der Waals surface area contributed by atoms with Crippen LogP contribution in [0.15, 0.2) is 48.5 Å². The minimum atomic E-state index is 0.205. The third kappa shape index (κ3) is 3.37. The number of benzene rings is 2. The lowest BCUT2D eigenvalue weighted by atomic mass is 10.1. The summed E-state index contributed by atoms with van der Waals surface area (Å²) in [5.41, 5.74) is 4.73. The minimum Gasteiger partial charge on any atom is -0.311 e. The molecule has 0 bridgehead atoms. The lowest BCUT2D eigenvalue weighted by molar-refractivity contribution is -0.118. The first-order valence-corrected chi connectivity index (χ1v) is 7.88. The quantitative estimate of drug-likeness (QED) is 0.943. The third-order valence-corrected chi connectivity index (χ3v) is 4.16. The first-order valence-electron chi connectivity index (χ1n) is 7.88. The normalized spacial score (nSPS) is 14.3. The van der Waals surface area contributed by atoms with Crippen molar-refractivity contribution in [2.75, 3.05) is 18.0 Å². The Bertz CT molecular complexity index is 649. The van der Waals surface area contributed by atoms with Gasteiger partial charge in [-0.3, -0.25) is 4.79 Å². The molecule has 0 spiro atoms. The molecule has 114 valence electrons. The minimum absolute atomic E-state index is 0.205. The fraction of sp³-hybridized carbons (Fsp3) is 0.316. The van der Waals surface area contributed by atoms with Crippen LogP contribution in [-0.2, 0) is 17.8 Å². The molecule has 0 aliphatic carbocycles. The van der Waals surface area contributed by atoms with Crippen LogP contribution in [0.4, 0.5) is 5.69 Å². The summed E-state index contributed by atoms with van der Waals surface area (Å²) in [5, 5.41) is 3.37. The standard InChI is InChI=1S/C19H22N2O/c1-15-6-8-16(9-7-15)10-11-19(22)21-13-12-20-14-17-4-2-3-5-18(17)21/h2-9,20H,10-14H2,1H3. The van der Waals surface area contributed by atoms with Crippen LogP contribution in [0.1, 0.15) is 23.1 Å². The SMILES string of the molecule is Cc1ccc(CCC(=O)N2CCNCc3ccccc32)cc1. The van der Waals surface area contributed by atoms with Crippen molar-refractivity contribution < 1.29 is 4.79 Å². The second-order valence-electron chi connectivity index (χ2n) is 5.84. The van der Waals surface area contributed by atoms with Crippen molar-refractivity contribution in [2.45, 2.75) is 26.3 Å². The highest BCUT2D eigenvalue weighted by Crippen LogP contribution is 2.23. The molecule has 1 aliphatic rings. The smallest absolute Gasteiger partial charge is 0.227 e. The molecule has 0 saturated carbocycles. The number of para-hydroxylation sites is 1. The number of hydrogen-bond donors (Lipinski definition) is 1. The molecule has 0 atom stereocenters. The van der Waals surface area contributed by atoms with E-state index in [2.05, 4.69) is 42.6 Å². The van der Waals surface area contributed by atoms with Crippen LogP contribution in [0.2, 0.25) is 0 Å². The largest absolute Gasteiger partial charge is 0.311 e. The van der Waals surface area contributed by atoms with Gasteiger partial charge in [0.25, 0.3) is 0 Å². The maximum Gasteiger partial charge on any atom is 0.227 e. The lowest BCUT2D eigenvalue weighted by Gasteiger charge is -2.22. The van der Waals surface area contributed by atoms with Crippen molar-refractivity contribution in [3.05, 3.63) is 65.2 Å². The molecule has 2 aromatic rings. The Balaban J connectivity index is 1.70. The predicted octanol–water partition coefficient (Wildman–Crippen LogP) is 3.06. The van der Waals surface area contributed by atoms with Crippen molar-refractivity contribution in [1.29, 1.82) is 0 Å². The Morgan fingerprint density at radius 2 is 1.91 bits per heavy atom. The van der Waals surface area contributed by atoms with Gasteiger partial charge in [0.15, 0.2) is 0 Å². The molecule has 1 N–H and O–H groups in total. The number of aryl methyl sites for hydroxylation is 2. The van der Waals surface area contributed by atoms with E-state index in [1.165, 1.54) is 16.7 Å². The van der Waals surface area contributed by atoms with Gasteiger partial charge in [0.2, 0.25) is 5.91 Å². The fourth-order valence-electron chi connectivity index (χ4n) is 2.86. The molecule has 0 saturated heterocycles. The molecule has 1 aliphatic heterocycles. The van der Waals surface area contributed by atoms with Gasteiger partial charge in [-0.05, 0) is 30.5 Å². The predicted molar refractivity (Wildman–Crippen MR) is 90.0 cm³/mol. The summed E-state index contributed by atoms with van der Waals surface area (Å²) < 4.78 is 0. The molecule has 0 aromatic heterocycles. The maximum atomic E-state index is 12.7. The van der Waals surface area contributed by atoms with E-state index in [1.54, 1.807) is 0 Å². The number of anilines is 1. The van der Waals surface area contributed by atoms with E-state index in [-0.39, 0.29) is 5.91 Å². The van der Waals surface area contributed by atoms with Gasteiger partial charge in [0.05, 0.1) is 0 Å². The zero-order valence-corrected chi connectivity index (χ0v) is 13.0. The van der Waals surface area contributed by atoms with Crippen LogP contribution >= 0.6 is 0 Å². The average molecular weight is 294 g/mol. The molecule has 3 nitrogen and oxygen atoms in total. The van der Waals surface area contributed by atoms with Gasteiger partial charge < -0.3 is 10.2 Å². The summed E-state index contributed by atoms with van der Waals surface area (Å²) in [5.74, 6) is 0.205. The maximum absolute atomic E-state index is 12.7. The van der Waals surface area contributed by atoms with Crippen molar-refractivity contribution in [2.24, 2.45) is 0 Å². The zero-order valence-electron chi connectivity index (χ0n) is 13.0. The van der Waals surface area contributed by atoms with E-state index in [4.69, 9.17) is 0 Å². The van der Waals surface area contributed by atoms with Gasteiger partial charge >= 0.3 is 0 Å². The number of carbonyl (C=O) groups excluding carboxylic acids is 1. The van der Waals surface area contributed by atoms with Crippen molar-refractivity contribution in [3.63, 3.8) is 0 Å². The van der Waals surface area contributed by atoms with Crippen molar-refractivity contribution >= 4 is 11.6 Å². The molecule has 3 heteroatoms. The van der Waals surface area contributed by atoms with E-state index in [0.29, 0.717) is 6.42 Å². The second-order valence-corrected chi connectivity index (χ2v) is 5.84. The number of rotatable bonds is 3. The topological polar surface area (TPSA) is 32.3 Å².